The smallest absolute Gasteiger partial charge is 0.245 e. The summed E-state index contributed by atoms with van der Waals surface area (Å²) >= 11 is 0. The molecular formula is C17H15FN4O2. The summed E-state index contributed by atoms with van der Waals surface area (Å²) in [4.78, 5) is 8.10. The number of hydrogen-bond donors (Lipinski definition) is 1. The number of benzene rings is 2. The predicted octanol–water partition coefficient (Wildman–Crippen LogP) is 3.28. The van der Waals surface area contributed by atoms with Gasteiger partial charge in [0.15, 0.2) is 11.5 Å². The van der Waals surface area contributed by atoms with Gasteiger partial charge >= 0.3 is 0 Å². The van der Waals surface area contributed by atoms with E-state index < -0.39 is 0 Å². The predicted molar refractivity (Wildman–Crippen MR) is 87.4 cm³/mol. The van der Waals surface area contributed by atoms with Gasteiger partial charge in [-0.05, 0) is 18.2 Å². The van der Waals surface area contributed by atoms with Crippen molar-refractivity contribution in [1.82, 2.24) is 15.2 Å². The van der Waals surface area contributed by atoms with Crippen LogP contribution in [0.3, 0.4) is 0 Å². The maximum absolute atomic E-state index is 13.8. The van der Waals surface area contributed by atoms with Crippen LogP contribution in [0.25, 0.3) is 0 Å². The lowest BCUT2D eigenvalue weighted by atomic mass is 10.2. The number of nitrogens with one attached hydrogen (secondary N) is 1. The molecule has 0 radical (unpaired) electrons. The summed E-state index contributed by atoms with van der Waals surface area (Å²) in [5, 5.41) is 6.37. The zero-order valence-electron chi connectivity index (χ0n) is 12.9. The van der Waals surface area contributed by atoms with Crippen LogP contribution in [0, 0.1) is 5.82 Å². The summed E-state index contributed by atoms with van der Waals surface area (Å²) in [6.45, 7) is 0.0796. The third-order valence-corrected chi connectivity index (χ3v) is 3.29. The minimum atomic E-state index is -0.315. The minimum Gasteiger partial charge on any atom is -0.493 e. The van der Waals surface area contributed by atoms with Crippen LogP contribution in [0.15, 0.2) is 53.8 Å². The zero-order valence-corrected chi connectivity index (χ0v) is 12.9. The van der Waals surface area contributed by atoms with Gasteiger partial charge in [-0.25, -0.2) is 14.5 Å². The molecule has 0 spiro atoms. The molecule has 2 aromatic carbocycles. The van der Waals surface area contributed by atoms with Gasteiger partial charge in [0, 0.05) is 17.3 Å². The number of aliphatic imine (C=N–C) groups is 1. The molecule has 6 nitrogen and oxygen atoms in total. The Morgan fingerprint density at radius 3 is 2.83 bits per heavy atom. The highest BCUT2D eigenvalue weighted by atomic mass is 19.1. The Kier molecular flexibility index (Phi) is 4.81. The van der Waals surface area contributed by atoms with Crippen LogP contribution in [0.1, 0.15) is 11.1 Å². The summed E-state index contributed by atoms with van der Waals surface area (Å²) in [6.07, 6.45) is 2.95. The van der Waals surface area contributed by atoms with Crippen LogP contribution in [-0.2, 0) is 6.61 Å². The van der Waals surface area contributed by atoms with Gasteiger partial charge in [-0.2, -0.15) is 10.1 Å². The molecule has 1 heterocycles. The second-order valence-corrected chi connectivity index (χ2v) is 4.83. The molecule has 0 bridgehead atoms. The molecule has 0 fully saturated rings. The lowest BCUT2D eigenvalue weighted by molar-refractivity contribution is 0.279. The second kappa shape index (κ2) is 7.36. The normalized spacial score (nSPS) is 10.9. The Balaban J connectivity index is 1.86. The highest BCUT2D eigenvalue weighted by Gasteiger charge is 2.11. The second-order valence-electron chi connectivity index (χ2n) is 4.83. The number of H-pyrrole nitrogens is 1. The van der Waals surface area contributed by atoms with Gasteiger partial charge in [0.1, 0.15) is 18.8 Å². The van der Waals surface area contributed by atoms with E-state index in [4.69, 9.17) is 9.47 Å². The molecule has 1 N–H and O–H groups in total. The van der Waals surface area contributed by atoms with Gasteiger partial charge in [-0.3, -0.25) is 0 Å². The van der Waals surface area contributed by atoms with E-state index in [1.807, 2.05) is 12.1 Å². The lowest BCUT2D eigenvalue weighted by Crippen LogP contribution is -2.02. The monoisotopic (exact) mass is 326 g/mol. The molecule has 0 amide bonds. The first kappa shape index (κ1) is 15.7. The molecule has 0 saturated carbocycles. The first-order chi connectivity index (χ1) is 11.8. The first-order valence-electron chi connectivity index (χ1n) is 7.20. The van der Waals surface area contributed by atoms with Crippen LogP contribution >= 0.6 is 0 Å². The van der Waals surface area contributed by atoms with E-state index in [0.29, 0.717) is 28.6 Å². The highest BCUT2D eigenvalue weighted by Crippen LogP contribution is 2.31. The van der Waals surface area contributed by atoms with Gasteiger partial charge in [0.05, 0.1) is 7.11 Å². The maximum Gasteiger partial charge on any atom is 0.245 e. The number of nitrogens with zero attached hydrogens (tertiary/aromatic N) is 3. The SMILES string of the molecule is COc1cccc(/C=N/c2ncn[nH]2)c1OCc1ccccc1F. The van der Waals surface area contributed by atoms with Crippen molar-refractivity contribution in [3.63, 3.8) is 0 Å². The highest BCUT2D eigenvalue weighted by molar-refractivity contribution is 5.86. The molecule has 0 aliphatic carbocycles. The lowest BCUT2D eigenvalue weighted by Gasteiger charge is -2.13. The van der Waals surface area contributed by atoms with Crippen LogP contribution in [-0.4, -0.2) is 28.5 Å². The summed E-state index contributed by atoms with van der Waals surface area (Å²) in [7, 11) is 1.54. The van der Waals surface area contributed by atoms with Crippen LogP contribution < -0.4 is 9.47 Å². The van der Waals surface area contributed by atoms with Crippen molar-refractivity contribution in [2.75, 3.05) is 7.11 Å². The standard InChI is InChI=1S/C17H15FN4O2/c1-23-15-8-4-6-12(9-19-17-20-11-21-22-17)16(15)24-10-13-5-2-3-7-14(13)18/h2-9,11H,10H2,1H3,(H,20,21,22)/b19-9+. The average molecular weight is 326 g/mol. The van der Waals surface area contributed by atoms with Gasteiger partial charge in [0.2, 0.25) is 5.95 Å². The number of rotatable bonds is 6. The zero-order chi connectivity index (χ0) is 16.8. The molecule has 0 unspecified atom stereocenters. The van der Waals surface area contributed by atoms with Gasteiger partial charge in [0.25, 0.3) is 0 Å². The van der Waals surface area contributed by atoms with Crippen LogP contribution in [0.5, 0.6) is 11.5 Å². The van der Waals surface area contributed by atoms with Crippen molar-refractivity contribution in [3.05, 3.63) is 65.7 Å². The molecule has 0 aliphatic heterocycles. The summed E-state index contributed by atoms with van der Waals surface area (Å²) in [6, 6.07) is 11.9. The molecule has 122 valence electrons. The molecule has 0 saturated heterocycles. The van der Waals surface area contributed by atoms with Gasteiger partial charge < -0.3 is 9.47 Å². The molecule has 1 aromatic heterocycles. The van der Waals surface area contributed by atoms with E-state index >= 15 is 0 Å². The Morgan fingerprint density at radius 2 is 2.08 bits per heavy atom. The van der Waals surface area contributed by atoms with Crippen molar-refractivity contribution in [3.8, 4) is 11.5 Å². The molecule has 0 atom stereocenters. The van der Waals surface area contributed by atoms with Crippen LogP contribution in [0.2, 0.25) is 0 Å². The fourth-order valence-corrected chi connectivity index (χ4v) is 2.11. The Hall–Kier alpha value is -3.22. The van der Waals surface area contributed by atoms with Crippen molar-refractivity contribution >= 4 is 12.2 Å². The molecule has 3 aromatic rings. The van der Waals surface area contributed by atoms with Crippen molar-refractivity contribution in [2.24, 2.45) is 4.99 Å². The van der Waals surface area contributed by atoms with Crippen molar-refractivity contribution < 1.29 is 13.9 Å². The topological polar surface area (TPSA) is 72.4 Å². The molecule has 24 heavy (non-hydrogen) atoms. The molecule has 0 aliphatic rings. The van der Waals surface area contributed by atoms with Crippen molar-refractivity contribution in [2.45, 2.75) is 6.61 Å². The Morgan fingerprint density at radius 1 is 1.21 bits per heavy atom. The fraction of sp³-hybridized carbons (Fsp3) is 0.118. The third kappa shape index (κ3) is 3.57. The fourth-order valence-electron chi connectivity index (χ4n) is 2.11. The van der Waals surface area contributed by atoms with E-state index in [0.717, 1.165) is 0 Å². The molecule has 3 rings (SSSR count). The van der Waals surface area contributed by atoms with Crippen molar-refractivity contribution in [1.29, 1.82) is 0 Å². The van der Waals surface area contributed by atoms with Crippen LogP contribution in [0.4, 0.5) is 10.3 Å². The maximum atomic E-state index is 13.8. The number of hydrogen-bond acceptors (Lipinski definition) is 5. The minimum absolute atomic E-state index is 0.0796. The average Bonchev–Trinajstić information content (AvgIpc) is 3.13. The third-order valence-electron chi connectivity index (χ3n) is 3.29. The van der Waals surface area contributed by atoms with E-state index in [2.05, 4.69) is 20.2 Å². The number of aromatic amines is 1. The number of halogens is 1. The van der Waals surface area contributed by atoms with Gasteiger partial charge in [-0.15, -0.1) is 0 Å². The first-order valence-corrected chi connectivity index (χ1v) is 7.20. The number of para-hydroxylation sites is 1. The molecule has 7 heteroatoms. The largest absolute Gasteiger partial charge is 0.493 e. The van der Waals surface area contributed by atoms with E-state index in [-0.39, 0.29) is 12.4 Å². The Labute approximate surface area is 138 Å². The summed E-state index contributed by atoms with van der Waals surface area (Å²) < 4.78 is 24.9. The van der Waals surface area contributed by atoms with Gasteiger partial charge in [-0.1, -0.05) is 24.3 Å². The Bertz CT molecular complexity index is 834. The van der Waals surface area contributed by atoms with E-state index in [9.17, 15) is 4.39 Å². The number of methoxy groups -OCH3 is 1. The quantitative estimate of drug-likeness (QED) is 0.706. The van der Waals surface area contributed by atoms with E-state index in [1.165, 1.54) is 12.4 Å². The number of ether oxygens (including phenoxy) is 2. The summed E-state index contributed by atoms with van der Waals surface area (Å²) in [5.41, 5.74) is 1.14. The molecular weight excluding hydrogens is 311 g/mol. The number of aromatic nitrogens is 3. The van der Waals surface area contributed by atoms with E-state index in [1.54, 1.807) is 37.6 Å². The summed E-state index contributed by atoms with van der Waals surface area (Å²) in [5.74, 6) is 1.07.